The molecule has 92 valence electrons. The Balaban J connectivity index is 1.84. The molecule has 0 aromatic carbocycles. The van der Waals surface area contributed by atoms with Crippen LogP contribution in [0, 0.1) is 0 Å². The number of carbonyl (C=O) groups excluding carboxylic acids is 1. The number of aromatic nitrogens is 1. The van der Waals surface area contributed by atoms with Crippen molar-refractivity contribution < 1.29 is 9.53 Å². The number of ether oxygens (including phenoxy) is 1. The number of nitrogens with zero attached hydrogens (tertiary/aromatic N) is 1. The van der Waals surface area contributed by atoms with Gasteiger partial charge in [0, 0.05) is 18.5 Å². The van der Waals surface area contributed by atoms with Crippen molar-refractivity contribution in [2.75, 3.05) is 19.0 Å². The van der Waals surface area contributed by atoms with E-state index in [0.29, 0.717) is 24.0 Å². The van der Waals surface area contributed by atoms with Gasteiger partial charge < -0.3 is 15.4 Å². The van der Waals surface area contributed by atoms with Crippen LogP contribution in [-0.4, -0.2) is 30.6 Å². The molecule has 1 amide bonds. The van der Waals surface area contributed by atoms with Crippen molar-refractivity contribution >= 4 is 11.6 Å². The Hall–Kier alpha value is -1.62. The van der Waals surface area contributed by atoms with Gasteiger partial charge in [0.2, 0.25) is 11.8 Å². The summed E-state index contributed by atoms with van der Waals surface area (Å²) in [5.74, 6) is 0.567. The number of pyridine rings is 1. The Morgan fingerprint density at radius 1 is 1.65 bits per heavy atom. The Morgan fingerprint density at radius 2 is 2.53 bits per heavy atom. The molecule has 0 radical (unpaired) electrons. The predicted octanol–water partition coefficient (Wildman–Crippen LogP) is 1.17. The topological polar surface area (TPSA) is 63.2 Å². The van der Waals surface area contributed by atoms with E-state index in [1.807, 2.05) is 0 Å². The second kappa shape index (κ2) is 5.63. The molecule has 1 fully saturated rings. The molecule has 17 heavy (non-hydrogen) atoms. The monoisotopic (exact) mass is 235 g/mol. The highest BCUT2D eigenvalue weighted by atomic mass is 16.5. The van der Waals surface area contributed by atoms with E-state index in [9.17, 15) is 4.79 Å². The fourth-order valence-corrected chi connectivity index (χ4v) is 1.94. The first-order valence-electron chi connectivity index (χ1n) is 5.81. The van der Waals surface area contributed by atoms with Crippen LogP contribution in [0.1, 0.15) is 19.3 Å². The van der Waals surface area contributed by atoms with Crippen LogP contribution in [0.5, 0.6) is 5.88 Å². The molecule has 1 atom stereocenters. The highest BCUT2D eigenvalue weighted by molar-refractivity contribution is 5.90. The van der Waals surface area contributed by atoms with Crippen molar-refractivity contribution in [1.29, 1.82) is 0 Å². The third-order valence-corrected chi connectivity index (χ3v) is 2.82. The van der Waals surface area contributed by atoms with Gasteiger partial charge in [-0.15, -0.1) is 0 Å². The van der Waals surface area contributed by atoms with E-state index in [1.165, 1.54) is 0 Å². The van der Waals surface area contributed by atoms with Crippen molar-refractivity contribution in [3.8, 4) is 5.88 Å². The maximum atomic E-state index is 11.7. The third-order valence-electron chi connectivity index (χ3n) is 2.82. The van der Waals surface area contributed by atoms with Crippen LogP contribution in [0.15, 0.2) is 18.3 Å². The Labute approximate surface area is 101 Å². The van der Waals surface area contributed by atoms with E-state index in [1.54, 1.807) is 25.4 Å². The van der Waals surface area contributed by atoms with Crippen molar-refractivity contribution in [3.63, 3.8) is 0 Å². The zero-order valence-corrected chi connectivity index (χ0v) is 9.90. The Morgan fingerprint density at radius 3 is 3.12 bits per heavy atom. The molecular weight excluding hydrogens is 218 g/mol. The summed E-state index contributed by atoms with van der Waals surface area (Å²) in [6.07, 6.45) is 4.35. The number of nitrogens with one attached hydrogen (secondary N) is 2. The first kappa shape index (κ1) is 11.9. The van der Waals surface area contributed by atoms with E-state index < -0.39 is 0 Å². The number of rotatable bonds is 4. The summed E-state index contributed by atoms with van der Waals surface area (Å²) in [4.78, 5) is 15.7. The zero-order chi connectivity index (χ0) is 12.1. The van der Waals surface area contributed by atoms with Gasteiger partial charge in [-0.2, -0.15) is 0 Å². The van der Waals surface area contributed by atoms with Gasteiger partial charge in [-0.1, -0.05) is 0 Å². The number of methoxy groups -OCH3 is 1. The molecule has 1 unspecified atom stereocenters. The molecule has 0 saturated carbocycles. The minimum atomic E-state index is 0.0244. The molecule has 0 bridgehead atoms. The zero-order valence-electron chi connectivity index (χ0n) is 9.90. The highest BCUT2D eigenvalue weighted by Crippen LogP contribution is 2.13. The van der Waals surface area contributed by atoms with Crippen LogP contribution in [0.25, 0.3) is 0 Å². The molecule has 5 nitrogen and oxygen atoms in total. The van der Waals surface area contributed by atoms with Gasteiger partial charge in [0.25, 0.3) is 0 Å². The van der Waals surface area contributed by atoms with Gasteiger partial charge in [-0.3, -0.25) is 4.79 Å². The van der Waals surface area contributed by atoms with Crippen molar-refractivity contribution in [2.45, 2.75) is 25.3 Å². The average molecular weight is 235 g/mol. The lowest BCUT2D eigenvalue weighted by atomic mass is 10.1. The minimum absolute atomic E-state index is 0.0244. The van der Waals surface area contributed by atoms with Crippen molar-refractivity contribution in [1.82, 2.24) is 10.3 Å². The van der Waals surface area contributed by atoms with E-state index in [-0.39, 0.29) is 5.91 Å². The van der Waals surface area contributed by atoms with Crippen LogP contribution >= 0.6 is 0 Å². The first-order chi connectivity index (χ1) is 8.28. The van der Waals surface area contributed by atoms with E-state index in [0.717, 1.165) is 19.4 Å². The quantitative estimate of drug-likeness (QED) is 0.822. The summed E-state index contributed by atoms with van der Waals surface area (Å²) in [5, 5.41) is 6.12. The molecule has 2 heterocycles. The summed E-state index contributed by atoms with van der Waals surface area (Å²) in [7, 11) is 1.56. The van der Waals surface area contributed by atoms with Crippen LogP contribution in [0.2, 0.25) is 0 Å². The smallest absolute Gasteiger partial charge is 0.225 e. The van der Waals surface area contributed by atoms with Gasteiger partial charge in [-0.05, 0) is 25.5 Å². The number of carbonyl (C=O) groups is 1. The van der Waals surface area contributed by atoms with E-state index >= 15 is 0 Å². The van der Waals surface area contributed by atoms with E-state index in [4.69, 9.17) is 4.74 Å². The summed E-state index contributed by atoms with van der Waals surface area (Å²) in [5.41, 5.74) is 0.703. The summed E-state index contributed by atoms with van der Waals surface area (Å²) >= 11 is 0. The van der Waals surface area contributed by atoms with Crippen molar-refractivity contribution in [2.24, 2.45) is 0 Å². The van der Waals surface area contributed by atoms with Gasteiger partial charge in [0.15, 0.2) is 0 Å². The lowest BCUT2D eigenvalue weighted by Crippen LogP contribution is -2.27. The molecule has 2 rings (SSSR count). The molecule has 1 aliphatic heterocycles. The normalized spacial score (nSPS) is 19.0. The molecule has 1 aromatic rings. The predicted molar refractivity (Wildman–Crippen MR) is 65.1 cm³/mol. The maximum Gasteiger partial charge on any atom is 0.225 e. The van der Waals surface area contributed by atoms with Crippen LogP contribution in [0.4, 0.5) is 5.69 Å². The summed E-state index contributed by atoms with van der Waals surface area (Å²) in [6, 6.07) is 3.83. The molecule has 1 aliphatic rings. The molecular formula is C12H17N3O2. The summed E-state index contributed by atoms with van der Waals surface area (Å²) in [6.45, 7) is 1.02. The number of anilines is 1. The molecule has 0 aliphatic carbocycles. The molecule has 0 spiro atoms. The Kier molecular flexibility index (Phi) is 3.93. The molecule has 5 heteroatoms. The van der Waals surface area contributed by atoms with Crippen molar-refractivity contribution in [3.05, 3.63) is 18.3 Å². The second-order valence-corrected chi connectivity index (χ2v) is 4.13. The standard InChI is InChI=1S/C12H17N3O2/c1-17-12-5-4-10(8-14-12)15-11(16)7-9-3-2-6-13-9/h4-5,8-9,13H,2-3,6-7H2,1H3,(H,15,16). The maximum absolute atomic E-state index is 11.7. The first-order valence-corrected chi connectivity index (χ1v) is 5.81. The van der Waals surface area contributed by atoms with Crippen LogP contribution in [-0.2, 0) is 4.79 Å². The van der Waals surface area contributed by atoms with Crippen LogP contribution < -0.4 is 15.4 Å². The van der Waals surface area contributed by atoms with Gasteiger partial charge in [0.05, 0.1) is 19.0 Å². The molecule has 2 N–H and O–H groups in total. The third kappa shape index (κ3) is 3.42. The minimum Gasteiger partial charge on any atom is -0.481 e. The van der Waals surface area contributed by atoms with E-state index in [2.05, 4.69) is 15.6 Å². The summed E-state index contributed by atoms with van der Waals surface area (Å²) < 4.78 is 4.95. The van der Waals surface area contributed by atoms with Gasteiger partial charge >= 0.3 is 0 Å². The largest absolute Gasteiger partial charge is 0.481 e. The average Bonchev–Trinajstić information content (AvgIpc) is 2.82. The molecule has 1 aromatic heterocycles. The lowest BCUT2D eigenvalue weighted by Gasteiger charge is -2.10. The van der Waals surface area contributed by atoms with Gasteiger partial charge in [0.1, 0.15) is 0 Å². The Bertz CT molecular complexity index is 372. The SMILES string of the molecule is COc1ccc(NC(=O)CC2CCCN2)cn1. The van der Waals surface area contributed by atoms with Crippen LogP contribution in [0.3, 0.4) is 0 Å². The fraction of sp³-hybridized carbons (Fsp3) is 0.500. The number of hydrogen-bond donors (Lipinski definition) is 2. The fourth-order valence-electron chi connectivity index (χ4n) is 1.94. The number of hydrogen-bond acceptors (Lipinski definition) is 4. The molecule has 1 saturated heterocycles. The highest BCUT2D eigenvalue weighted by Gasteiger charge is 2.17. The van der Waals surface area contributed by atoms with Gasteiger partial charge in [-0.25, -0.2) is 4.98 Å². The second-order valence-electron chi connectivity index (χ2n) is 4.13. The number of amides is 1. The lowest BCUT2D eigenvalue weighted by molar-refractivity contribution is -0.116.